The molecule has 3 nitrogen and oxygen atoms in total. The molecule has 2 rings (SSSR count). The van der Waals surface area contributed by atoms with Crippen LogP contribution in [0.2, 0.25) is 0 Å². The molecule has 0 atom stereocenters. The van der Waals surface area contributed by atoms with Crippen LogP contribution in [-0.4, -0.2) is 37.0 Å². The Kier molecular flexibility index (Phi) is 4.75. The third kappa shape index (κ3) is 3.54. The lowest BCUT2D eigenvalue weighted by Gasteiger charge is -2.25. The summed E-state index contributed by atoms with van der Waals surface area (Å²) >= 11 is 1.89. The zero-order valence-electron chi connectivity index (χ0n) is 9.78. The molecule has 4 heteroatoms. The Bertz CT molecular complexity index is 308. The van der Waals surface area contributed by atoms with Crippen LogP contribution in [0.25, 0.3) is 0 Å². The summed E-state index contributed by atoms with van der Waals surface area (Å²) in [4.78, 5) is 2.37. The SMILES string of the molecule is CCSCc1ccc(CN2CCOCC2)o1. The van der Waals surface area contributed by atoms with Crippen LogP contribution in [0.4, 0.5) is 0 Å². The maximum Gasteiger partial charge on any atom is 0.118 e. The summed E-state index contributed by atoms with van der Waals surface area (Å²) in [5.74, 6) is 4.29. The normalized spacial score (nSPS) is 17.8. The molecule has 0 aliphatic carbocycles. The Morgan fingerprint density at radius 1 is 1.25 bits per heavy atom. The van der Waals surface area contributed by atoms with Crippen molar-refractivity contribution in [1.82, 2.24) is 4.90 Å². The van der Waals surface area contributed by atoms with Gasteiger partial charge in [0.05, 0.1) is 25.5 Å². The molecule has 1 aliphatic heterocycles. The first kappa shape index (κ1) is 12.0. The largest absolute Gasteiger partial charge is 0.464 e. The van der Waals surface area contributed by atoms with Crippen LogP contribution in [0.1, 0.15) is 18.4 Å². The van der Waals surface area contributed by atoms with Crippen molar-refractivity contribution in [3.8, 4) is 0 Å². The number of rotatable bonds is 5. The van der Waals surface area contributed by atoms with Crippen LogP contribution < -0.4 is 0 Å². The monoisotopic (exact) mass is 241 g/mol. The fraction of sp³-hybridized carbons (Fsp3) is 0.667. The lowest BCUT2D eigenvalue weighted by Crippen LogP contribution is -2.35. The van der Waals surface area contributed by atoms with Crippen molar-refractivity contribution in [3.63, 3.8) is 0 Å². The fourth-order valence-corrected chi connectivity index (χ4v) is 2.33. The van der Waals surface area contributed by atoms with Gasteiger partial charge in [-0.2, -0.15) is 11.8 Å². The highest BCUT2D eigenvalue weighted by Crippen LogP contribution is 2.16. The molecule has 90 valence electrons. The molecule has 1 aromatic heterocycles. The van der Waals surface area contributed by atoms with Gasteiger partial charge in [0.1, 0.15) is 11.5 Å². The van der Waals surface area contributed by atoms with Crippen LogP contribution >= 0.6 is 11.8 Å². The molecule has 0 radical (unpaired) electrons. The van der Waals surface area contributed by atoms with E-state index in [4.69, 9.17) is 9.15 Å². The first-order valence-corrected chi connectivity index (χ1v) is 6.99. The number of thioether (sulfide) groups is 1. The van der Waals surface area contributed by atoms with E-state index in [1.807, 2.05) is 11.8 Å². The van der Waals surface area contributed by atoms with Gasteiger partial charge >= 0.3 is 0 Å². The molecular formula is C12H19NO2S. The van der Waals surface area contributed by atoms with Gasteiger partial charge in [-0.15, -0.1) is 0 Å². The van der Waals surface area contributed by atoms with Crippen LogP contribution in [0.3, 0.4) is 0 Å². The molecule has 0 spiro atoms. The van der Waals surface area contributed by atoms with E-state index in [0.29, 0.717) is 0 Å². The van der Waals surface area contributed by atoms with Crippen molar-refractivity contribution in [1.29, 1.82) is 0 Å². The van der Waals surface area contributed by atoms with Gasteiger partial charge in [-0.25, -0.2) is 0 Å². The van der Waals surface area contributed by atoms with Crippen LogP contribution in [0.5, 0.6) is 0 Å². The number of nitrogens with zero attached hydrogens (tertiary/aromatic N) is 1. The standard InChI is InChI=1S/C12H19NO2S/c1-2-16-10-12-4-3-11(15-12)9-13-5-7-14-8-6-13/h3-4H,2,5-10H2,1H3. The van der Waals surface area contributed by atoms with Gasteiger partial charge in [-0.05, 0) is 17.9 Å². The fourth-order valence-electron chi connectivity index (χ4n) is 1.77. The summed E-state index contributed by atoms with van der Waals surface area (Å²) in [7, 11) is 0. The summed E-state index contributed by atoms with van der Waals surface area (Å²) in [5, 5.41) is 0. The van der Waals surface area contributed by atoms with Gasteiger partial charge in [-0.1, -0.05) is 6.92 Å². The molecule has 0 saturated carbocycles. The third-order valence-electron chi connectivity index (χ3n) is 2.65. The van der Waals surface area contributed by atoms with E-state index >= 15 is 0 Å². The number of hydrogen-bond donors (Lipinski definition) is 0. The van der Waals surface area contributed by atoms with Crippen molar-refractivity contribution in [2.24, 2.45) is 0 Å². The number of furan rings is 1. The zero-order valence-corrected chi connectivity index (χ0v) is 10.6. The molecule has 0 amide bonds. The van der Waals surface area contributed by atoms with Gasteiger partial charge in [-0.3, -0.25) is 4.90 Å². The topological polar surface area (TPSA) is 25.6 Å². The Hall–Kier alpha value is -0.450. The number of ether oxygens (including phenoxy) is 1. The molecule has 16 heavy (non-hydrogen) atoms. The van der Waals surface area contributed by atoms with Gasteiger partial charge in [0.2, 0.25) is 0 Å². The van der Waals surface area contributed by atoms with Crippen molar-refractivity contribution in [2.75, 3.05) is 32.1 Å². The maximum absolute atomic E-state index is 5.79. The summed E-state index contributed by atoms with van der Waals surface area (Å²) in [5.41, 5.74) is 0. The Labute approximate surface area is 101 Å². The molecule has 2 heterocycles. The number of morpholine rings is 1. The lowest BCUT2D eigenvalue weighted by molar-refractivity contribution is 0.0312. The summed E-state index contributed by atoms with van der Waals surface area (Å²) in [6.07, 6.45) is 0. The quantitative estimate of drug-likeness (QED) is 0.790. The average molecular weight is 241 g/mol. The summed E-state index contributed by atoms with van der Waals surface area (Å²) < 4.78 is 11.1. The minimum absolute atomic E-state index is 0.846. The van der Waals surface area contributed by atoms with Crippen molar-refractivity contribution in [2.45, 2.75) is 19.2 Å². The molecule has 1 saturated heterocycles. The van der Waals surface area contributed by atoms with Crippen molar-refractivity contribution in [3.05, 3.63) is 23.7 Å². The van der Waals surface area contributed by atoms with E-state index in [1.165, 1.54) is 0 Å². The summed E-state index contributed by atoms with van der Waals surface area (Å²) in [6.45, 7) is 6.81. The van der Waals surface area contributed by atoms with Crippen LogP contribution in [0, 0.1) is 0 Å². The second-order valence-electron chi connectivity index (χ2n) is 3.89. The molecule has 1 fully saturated rings. The van der Waals surface area contributed by atoms with E-state index < -0.39 is 0 Å². The number of hydrogen-bond acceptors (Lipinski definition) is 4. The second-order valence-corrected chi connectivity index (χ2v) is 5.17. The Morgan fingerprint density at radius 2 is 2.00 bits per heavy atom. The smallest absolute Gasteiger partial charge is 0.118 e. The minimum atomic E-state index is 0.846. The van der Waals surface area contributed by atoms with E-state index in [1.54, 1.807) is 0 Å². The molecule has 0 unspecified atom stereocenters. The van der Waals surface area contributed by atoms with Crippen molar-refractivity contribution >= 4 is 11.8 Å². The third-order valence-corrected chi connectivity index (χ3v) is 3.55. The maximum atomic E-state index is 5.79. The van der Waals surface area contributed by atoms with Gasteiger partial charge in [0.25, 0.3) is 0 Å². The molecule has 0 aromatic carbocycles. The van der Waals surface area contributed by atoms with Gasteiger partial charge < -0.3 is 9.15 Å². The lowest BCUT2D eigenvalue weighted by atomic mass is 10.3. The van der Waals surface area contributed by atoms with E-state index in [-0.39, 0.29) is 0 Å². The molecular weight excluding hydrogens is 222 g/mol. The van der Waals surface area contributed by atoms with Crippen LogP contribution in [0.15, 0.2) is 16.5 Å². The predicted molar refractivity (Wildman–Crippen MR) is 66.6 cm³/mol. The van der Waals surface area contributed by atoms with Gasteiger partial charge in [0.15, 0.2) is 0 Å². The molecule has 1 aromatic rings. The van der Waals surface area contributed by atoms with Crippen LogP contribution in [-0.2, 0) is 17.0 Å². The molecule has 1 aliphatic rings. The molecule has 0 N–H and O–H groups in total. The summed E-state index contributed by atoms with van der Waals surface area (Å²) in [6, 6.07) is 4.19. The zero-order chi connectivity index (χ0) is 11.2. The van der Waals surface area contributed by atoms with Crippen molar-refractivity contribution < 1.29 is 9.15 Å². The van der Waals surface area contributed by atoms with E-state index in [9.17, 15) is 0 Å². The Morgan fingerprint density at radius 3 is 2.75 bits per heavy atom. The van der Waals surface area contributed by atoms with E-state index in [2.05, 4.69) is 24.0 Å². The molecule has 0 bridgehead atoms. The van der Waals surface area contributed by atoms with Gasteiger partial charge in [0, 0.05) is 13.1 Å². The first-order valence-electron chi connectivity index (χ1n) is 5.84. The second kappa shape index (κ2) is 6.33. The highest BCUT2D eigenvalue weighted by Gasteiger charge is 2.12. The average Bonchev–Trinajstić information content (AvgIpc) is 2.75. The highest BCUT2D eigenvalue weighted by atomic mass is 32.2. The minimum Gasteiger partial charge on any atom is -0.464 e. The Balaban J connectivity index is 1.81. The predicted octanol–water partition coefficient (Wildman–Crippen LogP) is 2.36. The van der Waals surface area contributed by atoms with E-state index in [0.717, 1.165) is 55.9 Å². The first-order chi connectivity index (χ1) is 7.88. The highest BCUT2D eigenvalue weighted by molar-refractivity contribution is 7.98.